The van der Waals surface area contributed by atoms with Gasteiger partial charge in [-0.25, -0.2) is 19.0 Å². The van der Waals surface area contributed by atoms with Crippen LogP contribution in [0.3, 0.4) is 0 Å². The number of aromatic nitrogens is 1. The van der Waals surface area contributed by atoms with Crippen molar-refractivity contribution in [2.45, 2.75) is 109 Å². The third-order valence-corrected chi connectivity index (χ3v) is 8.40. The number of esters is 1. The molecule has 3 amide bonds. The van der Waals surface area contributed by atoms with E-state index in [9.17, 15) is 23.6 Å². The summed E-state index contributed by atoms with van der Waals surface area (Å²) in [5.74, 6) is -1.61. The number of carbonyl (C=O) groups excluding carboxylic acids is 4. The molecule has 0 radical (unpaired) electrons. The van der Waals surface area contributed by atoms with Crippen LogP contribution in [-0.4, -0.2) is 75.7 Å². The maximum atomic E-state index is 14.6. The molecular formula is C34H45FN4O7. The molecule has 250 valence electrons. The van der Waals surface area contributed by atoms with Crippen LogP contribution in [0.15, 0.2) is 30.9 Å². The Morgan fingerprint density at radius 3 is 2.59 bits per heavy atom. The van der Waals surface area contributed by atoms with Crippen molar-refractivity contribution in [3.63, 3.8) is 0 Å². The van der Waals surface area contributed by atoms with E-state index in [1.807, 2.05) is 0 Å². The fourth-order valence-corrected chi connectivity index (χ4v) is 6.21. The van der Waals surface area contributed by atoms with Gasteiger partial charge in [0, 0.05) is 17.4 Å². The number of hydrogen-bond acceptors (Lipinski definition) is 8. The first-order valence-electron chi connectivity index (χ1n) is 15.7. The highest BCUT2D eigenvalue weighted by molar-refractivity contribution is 5.95. The molecule has 2 aromatic rings. The van der Waals surface area contributed by atoms with Gasteiger partial charge in [0.1, 0.15) is 45.9 Å². The van der Waals surface area contributed by atoms with Crippen molar-refractivity contribution in [1.82, 2.24) is 20.5 Å². The van der Waals surface area contributed by atoms with Crippen molar-refractivity contribution < 1.29 is 37.8 Å². The molecule has 1 aromatic carbocycles. The van der Waals surface area contributed by atoms with Gasteiger partial charge in [-0.3, -0.25) is 9.59 Å². The SMILES string of the molecule is C=CCC(C)(NC(=O)C1CC2(CCc3c(c(C)nc4c(F)cccc34)O2)CN1C(=O)C(CC)NC(=O)OC(C)(C)C)C(=O)OCC. The lowest BCUT2D eigenvalue weighted by Gasteiger charge is -2.36. The van der Waals surface area contributed by atoms with Crippen molar-refractivity contribution in [1.29, 1.82) is 0 Å². The first-order chi connectivity index (χ1) is 21.6. The number of pyridine rings is 1. The Morgan fingerprint density at radius 2 is 1.96 bits per heavy atom. The molecule has 1 fully saturated rings. The van der Waals surface area contributed by atoms with E-state index in [2.05, 4.69) is 22.2 Å². The lowest BCUT2D eigenvalue weighted by atomic mass is 9.87. The summed E-state index contributed by atoms with van der Waals surface area (Å²) in [4.78, 5) is 59.7. The number of fused-ring (bicyclic) bond motifs is 3. The minimum atomic E-state index is -1.43. The number of alkyl carbamates (subject to hydrolysis) is 1. The van der Waals surface area contributed by atoms with Crippen molar-refractivity contribution in [2.24, 2.45) is 0 Å². The van der Waals surface area contributed by atoms with E-state index in [0.717, 1.165) is 5.56 Å². The van der Waals surface area contributed by atoms with Gasteiger partial charge >= 0.3 is 12.1 Å². The molecule has 2 aliphatic rings. The van der Waals surface area contributed by atoms with Gasteiger partial charge in [-0.05, 0) is 73.3 Å². The second-order valence-corrected chi connectivity index (χ2v) is 13.3. The molecule has 4 rings (SSSR count). The van der Waals surface area contributed by atoms with E-state index in [1.165, 1.54) is 17.0 Å². The summed E-state index contributed by atoms with van der Waals surface area (Å²) in [6.45, 7) is 15.7. The van der Waals surface area contributed by atoms with Crippen LogP contribution in [0, 0.1) is 12.7 Å². The van der Waals surface area contributed by atoms with Crippen LogP contribution in [0.25, 0.3) is 10.9 Å². The molecule has 0 saturated carbocycles. The number of likely N-dealkylation sites (tertiary alicyclic amines) is 1. The van der Waals surface area contributed by atoms with Gasteiger partial charge in [0.15, 0.2) is 0 Å². The van der Waals surface area contributed by atoms with Crippen LogP contribution in [-0.2, 0) is 30.3 Å². The van der Waals surface area contributed by atoms with Gasteiger partial charge in [-0.1, -0.05) is 25.1 Å². The molecular weight excluding hydrogens is 595 g/mol. The van der Waals surface area contributed by atoms with Crippen LogP contribution in [0.2, 0.25) is 0 Å². The molecule has 0 bridgehead atoms. The Bertz CT molecular complexity index is 1540. The highest BCUT2D eigenvalue weighted by atomic mass is 19.1. The molecule has 3 heterocycles. The van der Waals surface area contributed by atoms with Crippen LogP contribution in [0.1, 0.15) is 78.5 Å². The number of ether oxygens (including phenoxy) is 3. The van der Waals surface area contributed by atoms with Gasteiger partial charge in [0.2, 0.25) is 11.8 Å². The number of nitrogens with zero attached hydrogens (tertiary/aromatic N) is 2. The zero-order valence-corrected chi connectivity index (χ0v) is 27.8. The van der Waals surface area contributed by atoms with E-state index in [4.69, 9.17) is 14.2 Å². The summed E-state index contributed by atoms with van der Waals surface area (Å²) in [5, 5.41) is 6.11. The molecule has 1 aromatic heterocycles. The van der Waals surface area contributed by atoms with Gasteiger partial charge < -0.3 is 29.7 Å². The van der Waals surface area contributed by atoms with Crippen molar-refractivity contribution in [3.8, 4) is 5.75 Å². The quantitative estimate of drug-likeness (QED) is 0.298. The molecule has 2 N–H and O–H groups in total. The molecule has 12 heteroatoms. The Labute approximate surface area is 269 Å². The second-order valence-electron chi connectivity index (χ2n) is 13.3. The summed E-state index contributed by atoms with van der Waals surface area (Å²) in [5.41, 5.74) is -1.62. The average Bonchev–Trinajstić information content (AvgIpc) is 3.34. The van der Waals surface area contributed by atoms with Gasteiger partial charge in [-0.15, -0.1) is 6.58 Å². The number of hydrogen-bond donors (Lipinski definition) is 2. The van der Waals surface area contributed by atoms with Crippen molar-refractivity contribution in [2.75, 3.05) is 13.2 Å². The van der Waals surface area contributed by atoms with Gasteiger partial charge in [-0.2, -0.15) is 0 Å². The topological polar surface area (TPSA) is 136 Å². The first-order valence-corrected chi connectivity index (χ1v) is 15.7. The average molecular weight is 641 g/mol. The van der Waals surface area contributed by atoms with Crippen LogP contribution in [0.4, 0.5) is 9.18 Å². The Kier molecular flexibility index (Phi) is 9.98. The van der Waals surface area contributed by atoms with E-state index in [1.54, 1.807) is 60.6 Å². The van der Waals surface area contributed by atoms with Crippen LogP contribution >= 0.6 is 0 Å². The summed E-state index contributed by atoms with van der Waals surface area (Å²) < 4.78 is 31.9. The molecule has 2 aliphatic heterocycles. The number of rotatable bonds is 9. The summed E-state index contributed by atoms with van der Waals surface area (Å²) in [7, 11) is 0. The van der Waals surface area contributed by atoms with Crippen molar-refractivity contribution in [3.05, 3.63) is 47.9 Å². The lowest BCUT2D eigenvalue weighted by molar-refractivity contribution is -0.153. The first kappa shape index (κ1) is 34.6. The fraction of sp³-hybridized carbons (Fsp3) is 0.559. The molecule has 0 aliphatic carbocycles. The maximum Gasteiger partial charge on any atom is 0.408 e. The van der Waals surface area contributed by atoms with E-state index in [-0.39, 0.29) is 37.9 Å². The summed E-state index contributed by atoms with van der Waals surface area (Å²) in [6.07, 6.45) is 2.13. The third kappa shape index (κ3) is 7.10. The van der Waals surface area contributed by atoms with E-state index in [0.29, 0.717) is 29.7 Å². The zero-order chi connectivity index (χ0) is 34.0. The Morgan fingerprint density at radius 1 is 1.24 bits per heavy atom. The maximum absolute atomic E-state index is 14.6. The number of para-hydroxylation sites is 1. The van der Waals surface area contributed by atoms with E-state index >= 15 is 0 Å². The monoisotopic (exact) mass is 640 g/mol. The predicted octanol–water partition coefficient (Wildman–Crippen LogP) is 4.66. The number of halogens is 1. The Balaban J connectivity index is 1.70. The molecule has 46 heavy (non-hydrogen) atoms. The number of aryl methyl sites for hydroxylation is 2. The highest BCUT2D eigenvalue weighted by Crippen LogP contribution is 2.45. The molecule has 11 nitrogen and oxygen atoms in total. The van der Waals surface area contributed by atoms with Gasteiger partial charge in [0.05, 0.1) is 18.8 Å². The predicted molar refractivity (Wildman–Crippen MR) is 170 cm³/mol. The summed E-state index contributed by atoms with van der Waals surface area (Å²) in [6, 6.07) is 2.75. The Hall–Kier alpha value is -4.22. The van der Waals surface area contributed by atoms with E-state index < -0.39 is 58.5 Å². The number of nitrogens with one attached hydrogen (secondary N) is 2. The zero-order valence-electron chi connectivity index (χ0n) is 27.8. The van der Waals surface area contributed by atoms with Gasteiger partial charge in [0.25, 0.3) is 0 Å². The highest BCUT2D eigenvalue weighted by Gasteiger charge is 2.54. The van der Waals surface area contributed by atoms with Crippen LogP contribution < -0.4 is 15.4 Å². The standard InChI is InChI=1S/C34H45FN4O7/c1-9-16-33(8,30(42)44-11-3)38-28(40)25-18-34(19-39(25)29(41)24(10-2)37-31(43)46-32(5,6)7)17-15-22-21-13-12-14-23(35)26(21)36-20(4)27(22)45-34/h9,12-14,24-25H,1,10-11,15-19H2,2-8H3,(H,37,43)(H,38,40). The second kappa shape index (κ2) is 13.3. The van der Waals surface area contributed by atoms with Crippen molar-refractivity contribution >= 4 is 34.8 Å². The number of amides is 3. The number of benzene rings is 1. The van der Waals surface area contributed by atoms with Crippen LogP contribution in [0.5, 0.6) is 5.75 Å². The minimum absolute atomic E-state index is 0.0358. The fourth-order valence-electron chi connectivity index (χ4n) is 6.21. The minimum Gasteiger partial charge on any atom is -0.483 e. The normalized spacial score (nSPS) is 21.0. The smallest absolute Gasteiger partial charge is 0.408 e. The summed E-state index contributed by atoms with van der Waals surface area (Å²) >= 11 is 0. The molecule has 4 unspecified atom stereocenters. The third-order valence-electron chi connectivity index (χ3n) is 8.40. The molecule has 1 saturated heterocycles. The lowest BCUT2D eigenvalue weighted by Crippen LogP contribution is -2.59. The molecule has 4 atom stereocenters. The number of carbonyl (C=O) groups is 4. The molecule has 1 spiro atoms. The largest absolute Gasteiger partial charge is 0.483 e.